The van der Waals surface area contributed by atoms with Gasteiger partial charge in [0, 0.05) is 28.4 Å². The number of aromatic nitrogens is 1. The van der Waals surface area contributed by atoms with Crippen LogP contribution in [0.1, 0.15) is 31.2 Å². The van der Waals surface area contributed by atoms with Gasteiger partial charge in [0.15, 0.2) is 0 Å². The molecule has 1 heterocycles. The van der Waals surface area contributed by atoms with Gasteiger partial charge in [-0.2, -0.15) is 0 Å². The van der Waals surface area contributed by atoms with Crippen molar-refractivity contribution in [1.82, 2.24) is 9.88 Å². The lowest BCUT2D eigenvalue weighted by Crippen LogP contribution is -2.56. The fourth-order valence-corrected chi connectivity index (χ4v) is 3.56. The first kappa shape index (κ1) is 14.0. The molecular weight excluding hydrogens is 290 g/mol. The molecule has 3 nitrogen and oxygen atoms in total. The van der Waals surface area contributed by atoms with E-state index in [0.717, 1.165) is 10.9 Å². The fraction of sp³-hybridized carbons (Fsp3) is 0.643. The highest BCUT2D eigenvalue weighted by molar-refractivity contribution is 9.10. The highest BCUT2D eigenvalue weighted by Gasteiger charge is 2.41. The van der Waals surface area contributed by atoms with Crippen LogP contribution in [0.15, 0.2) is 22.9 Å². The van der Waals surface area contributed by atoms with Crippen LogP contribution < -0.4 is 5.73 Å². The molecule has 4 heteroatoms. The zero-order valence-corrected chi connectivity index (χ0v) is 12.8. The van der Waals surface area contributed by atoms with Crippen molar-refractivity contribution >= 4 is 15.9 Å². The summed E-state index contributed by atoms with van der Waals surface area (Å²) < 4.78 is 1.03. The van der Waals surface area contributed by atoms with E-state index in [4.69, 9.17) is 5.73 Å². The van der Waals surface area contributed by atoms with Gasteiger partial charge in [-0.05, 0) is 60.9 Å². The summed E-state index contributed by atoms with van der Waals surface area (Å²) in [5.41, 5.74) is 7.89. The van der Waals surface area contributed by atoms with Gasteiger partial charge >= 0.3 is 0 Å². The van der Waals surface area contributed by atoms with Crippen molar-refractivity contribution in [3.05, 3.63) is 28.5 Å². The lowest BCUT2D eigenvalue weighted by Gasteiger charge is -2.41. The van der Waals surface area contributed by atoms with Gasteiger partial charge in [0.05, 0.1) is 0 Å². The smallest absolute Gasteiger partial charge is 0.0410 e. The average molecular weight is 312 g/mol. The van der Waals surface area contributed by atoms with E-state index in [1.54, 1.807) is 0 Å². The van der Waals surface area contributed by atoms with Gasteiger partial charge in [0.25, 0.3) is 0 Å². The molecule has 1 saturated carbocycles. The standard InChI is InChI=1S/C14H22BrN3/c1-18(2)14(5-3-4-6-14)13(16)8-11-7-12(15)10-17-9-11/h7,9-10,13H,3-6,8,16H2,1-2H3. The number of pyridine rings is 1. The summed E-state index contributed by atoms with van der Waals surface area (Å²) >= 11 is 3.46. The van der Waals surface area contributed by atoms with Crippen molar-refractivity contribution in [3.63, 3.8) is 0 Å². The van der Waals surface area contributed by atoms with Gasteiger partial charge in [-0.15, -0.1) is 0 Å². The minimum atomic E-state index is 0.169. The fourth-order valence-electron chi connectivity index (χ4n) is 3.15. The number of nitrogens with zero attached hydrogens (tertiary/aromatic N) is 2. The Morgan fingerprint density at radius 2 is 2.06 bits per heavy atom. The van der Waals surface area contributed by atoms with Crippen molar-refractivity contribution in [1.29, 1.82) is 0 Å². The van der Waals surface area contributed by atoms with E-state index in [1.807, 2.05) is 12.4 Å². The van der Waals surface area contributed by atoms with Gasteiger partial charge < -0.3 is 10.6 Å². The summed E-state index contributed by atoms with van der Waals surface area (Å²) in [5.74, 6) is 0. The van der Waals surface area contributed by atoms with Crippen molar-refractivity contribution in [2.45, 2.75) is 43.7 Å². The molecule has 0 saturated heterocycles. The zero-order valence-electron chi connectivity index (χ0n) is 11.2. The second-order valence-corrected chi connectivity index (χ2v) is 6.44. The second kappa shape index (κ2) is 5.68. The third-order valence-corrected chi connectivity index (χ3v) is 4.70. The molecule has 1 fully saturated rings. The summed E-state index contributed by atoms with van der Waals surface area (Å²) in [5, 5.41) is 0. The zero-order chi connectivity index (χ0) is 13.2. The maximum Gasteiger partial charge on any atom is 0.0410 e. The molecule has 0 radical (unpaired) electrons. The molecule has 1 aromatic rings. The Labute approximate surface area is 118 Å². The van der Waals surface area contributed by atoms with Crippen LogP contribution in [0, 0.1) is 0 Å². The molecule has 0 amide bonds. The highest BCUT2D eigenvalue weighted by atomic mass is 79.9. The van der Waals surface area contributed by atoms with E-state index >= 15 is 0 Å². The maximum atomic E-state index is 6.51. The van der Waals surface area contributed by atoms with Crippen LogP contribution in [0.2, 0.25) is 0 Å². The van der Waals surface area contributed by atoms with E-state index in [1.165, 1.54) is 31.2 Å². The van der Waals surface area contributed by atoms with Gasteiger partial charge in [0.2, 0.25) is 0 Å². The molecule has 2 N–H and O–H groups in total. The Hall–Kier alpha value is -0.450. The van der Waals surface area contributed by atoms with Gasteiger partial charge in [0.1, 0.15) is 0 Å². The Kier molecular flexibility index (Phi) is 4.41. The first-order valence-electron chi connectivity index (χ1n) is 6.57. The van der Waals surface area contributed by atoms with E-state index in [9.17, 15) is 0 Å². The Bertz CT molecular complexity index is 400. The van der Waals surface area contributed by atoms with Crippen LogP contribution in [-0.4, -0.2) is 35.6 Å². The first-order valence-corrected chi connectivity index (χ1v) is 7.36. The predicted octanol–water partition coefficient (Wildman–Crippen LogP) is 2.59. The monoisotopic (exact) mass is 311 g/mol. The third kappa shape index (κ3) is 2.76. The first-order chi connectivity index (χ1) is 8.54. The molecule has 0 spiro atoms. The molecule has 1 aliphatic rings. The van der Waals surface area contributed by atoms with Crippen LogP contribution in [-0.2, 0) is 6.42 Å². The van der Waals surface area contributed by atoms with Crippen molar-refractivity contribution in [2.75, 3.05) is 14.1 Å². The van der Waals surface area contributed by atoms with Gasteiger partial charge in [-0.25, -0.2) is 0 Å². The highest BCUT2D eigenvalue weighted by Crippen LogP contribution is 2.37. The molecule has 0 aliphatic heterocycles. The Morgan fingerprint density at radius 1 is 1.39 bits per heavy atom. The molecule has 1 atom stereocenters. The average Bonchev–Trinajstić information content (AvgIpc) is 2.79. The van der Waals surface area contributed by atoms with Crippen LogP contribution in [0.3, 0.4) is 0 Å². The topological polar surface area (TPSA) is 42.1 Å². The van der Waals surface area contributed by atoms with Crippen LogP contribution in [0.5, 0.6) is 0 Å². The summed E-state index contributed by atoms with van der Waals surface area (Å²) in [6, 6.07) is 2.29. The van der Waals surface area contributed by atoms with Gasteiger partial charge in [-0.3, -0.25) is 4.98 Å². The quantitative estimate of drug-likeness (QED) is 0.929. The third-order valence-electron chi connectivity index (χ3n) is 4.27. The Morgan fingerprint density at radius 3 is 2.61 bits per heavy atom. The molecule has 2 rings (SSSR count). The van der Waals surface area contributed by atoms with Crippen molar-refractivity contribution < 1.29 is 0 Å². The number of hydrogen-bond acceptors (Lipinski definition) is 3. The van der Waals surface area contributed by atoms with E-state index in [0.29, 0.717) is 0 Å². The SMILES string of the molecule is CN(C)C1(C(N)Cc2cncc(Br)c2)CCCC1. The number of rotatable bonds is 4. The van der Waals surface area contributed by atoms with Gasteiger partial charge in [-0.1, -0.05) is 12.8 Å². The van der Waals surface area contributed by atoms with Crippen molar-refractivity contribution in [3.8, 4) is 0 Å². The molecule has 1 unspecified atom stereocenters. The normalized spacial score (nSPS) is 20.3. The van der Waals surface area contributed by atoms with E-state index in [-0.39, 0.29) is 11.6 Å². The number of hydrogen-bond donors (Lipinski definition) is 1. The van der Waals surface area contributed by atoms with Crippen LogP contribution in [0.25, 0.3) is 0 Å². The molecule has 18 heavy (non-hydrogen) atoms. The molecule has 0 aromatic carbocycles. The number of nitrogens with two attached hydrogens (primary N) is 1. The summed E-state index contributed by atoms with van der Waals surface area (Å²) in [7, 11) is 4.31. The molecular formula is C14H22BrN3. The summed E-state index contributed by atoms with van der Waals surface area (Å²) in [6.45, 7) is 0. The van der Waals surface area contributed by atoms with E-state index < -0.39 is 0 Å². The lowest BCUT2D eigenvalue weighted by atomic mass is 9.84. The number of likely N-dealkylation sites (N-methyl/N-ethyl adjacent to an activating group) is 1. The molecule has 0 bridgehead atoms. The molecule has 1 aromatic heterocycles. The maximum absolute atomic E-state index is 6.51. The number of halogens is 1. The predicted molar refractivity (Wildman–Crippen MR) is 78.5 cm³/mol. The largest absolute Gasteiger partial charge is 0.326 e. The van der Waals surface area contributed by atoms with E-state index in [2.05, 4.69) is 46.0 Å². The van der Waals surface area contributed by atoms with Crippen LogP contribution in [0.4, 0.5) is 0 Å². The van der Waals surface area contributed by atoms with Crippen LogP contribution >= 0.6 is 15.9 Å². The van der Waals surface area contributed by atoms with Crippen molar-refractivity contribution in [2.24, 2.45) is 5.73 Å². The lowest BCUT2D eigenvalue weighted by molar-refractivity contribution is 0.123. The molecule has 1 aliphatic carbocycles. The second-order valence-electron chi connectivity index (χ2n) is 5.53. The summed E-state index contributed by atoms with van der Waals surface area (Å²) in [6.07, 6.45) is 9.64. The Balaban J connectivity index is 2.13. The summed E-state index contributed by atoms with van der Waals surface area (Å²) in [4.78, 5) is 6.54. The minimum absolute atomic E-state index is 0.169. The molecule has 100 valence electrons. The minimum Gasteiger partial charge on any atom is -0.326 e.